The Morgan fingerprint density at radius 1 is 1.15 bits per heavy atom. The Labute approximate surface area is 219 Å². The molecule has 10 nitrogen and oxygen atoms in total. The first-order valence-corrected chi connectivity index (χ1v) is 11.9. The first-order chi connectivity index (χ1) is 18.7. The van der Waals surface area contributed by atoms with Crippen LogP contribution in [0.25, 0.3) is 11.1 Å². The third kappa shape index (κ3) is 5.74. The summed E-state index contributed by atoms with van der Waals surface area (Å²) in [7, 11) is 1.61. The number of carbonyl (C=O) groups excluding carboxylic acids is 1. The molecule has 1 amide bonds. The van der Waals surface area contributed by atoms with Gasteiger partial charge in [0, 0.05) is 37.3 Å². The van der Waals surface area contributed by atoms with Crippen molar-refractivity contribution in [1.29, 1.82) is 0 Å². The zero-order valence-electron chi connectivity index (χ0n) is 20.6. The number of carbonyl (C=O) groups is 1. The van der Waals surface area contributed by atoms with Crippen molar-refractivity contribution in [3.05, 3.63) is 66.2 Å². The van der Waals surface area contributed by atoms with E-state index in [-0.39, 0.29) is 36.4 Å². The van der Waals surface area contributed by atoms with E-state index in [0.717, 1.165) is 6.07 Å². The number of aromatic nitrogens is 5. The van der Waals surface area contributed by atoms with E-state index in [1.54, 1.807) is 30.3 Å². The molecule has 0 aliphatic heterocycles. The zero-order valence-corrected chi connectivity index (χ0v) is 20.6. The van der Waals surface area contributed by atoms with Crippen LogP contribution in [-0.2, 0) is 27.9 Å². The third-order valence-corrected chi connectivity index (χ3v) is 6.35. The molecule has 0 spiro atoms. The van der Waals surface area contributed by atoms with Gasteiger partial charge in [0.25, 0.3) is 0 Å². The largest absolute Gasteiger partial charge is 0.401 e. The van der Waals surface area contributed by atoms with Gasteiger partial charge in [0.2, 0.25) is 11.9 Å². The van der Waals surface area contributed by atoms with Gasteiger partial charge in [0.05, 0.1) is 31.5 Å². The summed E-state index contributed by atoms with van der Waals surface area (Å²) < 4.78 is 66.1. The Morgan fingerprint density at radius 2 is 1.92 bits per heavy atom. The van der Waals surface area contributed by atoms with Crippen LogP contribution in [0.3, 0.4) is 0 Å². The average Bonchev–Trinajstić information content (AvgIpc) is 3.41. The SMILES string of the molecule is COCCn1cc(Nc2ncc(-c3ccc(CC(=O)Nc4cc(C5(C(F)(F)F)CC5)on4)c(F)c3)cn2)cn1. The summed E-state index contributed by atoms with van der Waals surface area (Å²) in [6.45, 7) is 1.13. The fourth-order valence-electron chi connectivity index (χ4n) is 3.99. The number of amides is 1. The number of hydrogen-bond acceptors (Lipinski definition) is 8. The van der Waals surface area contributed by atoms with Gasteiger partial charge in [-0.05, 0) is 30.0 Å². The van der Waals surface area contributed by atoms with Crippen LogP contribution in [0.2, 0.25) is 0 Å². The highest BCUT2D eigenvalue weighted by atomic mass is 19.4. The monoisotopic (exact) mass is 545 g/mol. The molecule has 1 saturated carbocycles. The van der Waals surface area contributed by atoms with Gasteiger partial charge in [-0.1, -0.05) is 17.3 Å². The number of nitrogens with one attached hydrogen (secondary N) is 2. The van der Waals surface area contributed by atoms with Gasteiger partial charge in [-0.15, -0.1) is 0 Å². The molecule has 14 heteroatoms. The molecule has 2 N–H and O–H groups in total. The molecule has 5 rings (SSSR count). The number of benzene rings is 1. The molecule has 4 aromatic rings. The lowest BCUT2D eigenvalue weighted by Crippen LogP contribution is -2.28. The lowest BCUT2D eigenvalue weighted by molar-refractivity contribution is -0.165. The maximum atomic E-state index is 14.8. The second-order valence-corrected chi connectivity index (χ2v) is 9.09. The summed E-state index contributed by atoms with van der Waals surface area (Å²) in [5, 5.41) is 13.1. The minimum Gasteiger partial charge on any atom is -0.383 e. The van der Waals surface area contributed by atoms with Gasteiger partial charge >= 0.3 is 6.18 Å². The molecule has 3 heterocycles. The van der Waals surface area contributed by atoms with Crippen molar-refractivity contribution in [3.8, 4) is 11.1 Å². The van der Waals surface area contributed by atoms with Crippen LogP contribution in [-0.4, -0.2) is 50.7 Å². The number of alkyl halides is 3. The third-order valence-electron chi connectivity index (χ3n) is 6.35. The lowest BCUT2D eigenvalue weighted by atomic mass is 10.0. The molecule has 1 fully saturated rings. The molecular formula is C25H23F4N7O3. The summed E-state index contributed by atoms with van der Waals surface area (Å²) in [6.07, 6.45) is 1.47. The number of rotatable bonds is 10. The molecule has 39 heavy (non-hydrogen) atoms. The van der Waals surface area contributed by atoms with Crippen LogP contribution >= 0.6 is 0 Å². The Kier molecular flexibility index (Phi) is 7.04. The first-order valence-electron chi connectivity index (χ1n) is 11.9. The van der Waals surface area contributed by atoms with Gasteiger partial charge in [0.1, 0.15) is 11.2 Å². The summed E-state index contributed by atoms with van der Waals surface area (Å²) in [5.74, 6) is -1.46. The first kappa shape index (κ1) is 26.3. The maximum Gasteiger partial charge on any atom is 0.401 e. The van der Waals surface area contributed by atoms with Crippen LogP contribution in [0.1, 0.15) is 24.2 Å². The van der Waals surface area contributed by atoms with Gasteiger partial charge < -0.3 is 19.9 Å². The van der Waals surface area contributed by atoms with Crippen LogP contribution in [0.15, 0.2) is 53.6 Å². The summed E-state index contributed by atoms with van der Waals surface area (Å²) in [6, 6.07) is 5.38. The Bertz CT molecular complexity index is 1460. The van der Waals surface area contributed by atoms with Crippen molar-refractivity contribution >= 4 is 23.4 Å². The molecule has 0 bridgehead atoms. The smallest absolute Gasteiger partial charge is 0.383 e. The number of nitrogens with zero attached hydrogens (tertiary/aromatic N) is 5. The fraction of sp³-hybridized carbons (Fsp3) is 0.320. The van der Waals surface area contributed by atoms with E-state index in [1.165, 1.54) is 24.5 Å². The van der Waals surface area contributed by atoms with Crippen molar-refractivity contribution in [2.45, 2.75) is 37.4 Å². The average molecular weight is 545 g/mol. The highest BCUT2D eigenvalue weighted by Crippen LogP contribution is 2.59. The van der Waals surface area contributed by atoms with E-state index < -0.39 is 23.3 Å². The molecule has 1 aromatic carbocycles. The standard InChI is InChI=1S/C25H23F4N7O3/c1-38-7-6-36-14-18(13-32-36)33-23-30-11-17(12-31-23)15-2-3-16(19(26)8-15)9-22(37)34-21-10-20(39-35-21)24(4-5-24)25(27,28)29/h2-3,8,10-14H,4-7,9H2,1H3,(H,30,31,33)(H,34,35,37). The van der Waals surface area contributed by atoms with E-state index in [4.69, 9.17) is 9.26 Å². The Hall–Kier alpha value is -4.33. The molecule has 0 unspecified atom stereocenters. The van der Waals surface area contributed by atoms with E-state index in [2.05, 4.69) is 30.9 Å². The predicted molar refractivity (Wildman–Crippen MR) is 131 cm³/mol. The number of hydrogen-bond donors (Lipinski definition) is 2. The number of anilines is 3. The maximum absolute atomic E-state index is 14.8. The molecule has 1 aliphatic rings. The van der Waals surface area contributed by atoms with E-state index in [0.29, 0.717) is 35.9 Å². The number of ether oxygens (including phenoxy) is 1. The van der Waals surface area contributed by atoms with Crippen molar-refractivity contribution in [2.24, 2.45) is 0 Å². The van der Waals surface area contributed by atoms with Crippen LogP contribution in [0, 0.1) is 5.82 Å². The number of methoxy groups -OCH3 is 1. The fourth-order valence-corrected chi connectivity index (χ4v) is 3.99. The molecule has 1 aliphatic carbocycles. The highest BCUT2D eigenvalue weighted by Gasteiger charge is 2.66. The molecule has 204 valence electrons. The molecular weight excluding hydrogens is 522 g/mol. The second-order valence-electron chi connectivity index (χ2n) is 9.09. The highest BCUT2D eigenvalue weighted by molar-refractivity contribution is 5.91. The lowest BCUT2D eigenvalue weighted by Gasteiger charge is -2.14. The van der Waals surface area contributed by atoms with E-state index >= 15 is 0 Å². The molecule has 0 atom stereocenters. The van der Waals surface area contributed by atoms with Gasteiger partial charge in [0.15, 0.2) is 11.6 Å². The van der Waals surface area contributed by atoms with Crippen molar-refractivity contribution in [1.82, 2.24) is 24.9 Å². The van der Waals surface area contributed by atoms with Crippen LogP contribution in [0.4, 0.5) is 35.0 Å². The Morgan fingerprint density at radius 3 is 2.59 bits per heavy atom. The van der Waals surface area contributed by atoms with Gasteiger partial charge in [-0.2, -0.15) is 18.3 Å². The molecule has 0 radical (unpaired) electrons. The molecule has 0 saturated heterocycles. The van der Waals surface area contributed by atoms with Crippen molar-refractivity contribution in [2.75, 3.05) is 24.4 Å². The normalized spacial score (nSPS) is 14.3. The Balaban J connectivity index is 1.18. The van der Waals surface area contributed by atoms with Crippen LogP contribution < -0.4 is 10.6 Å². The minimum absolute atomic E-state index is 0.0954. The van der Waals surface area contributed by atoms with Crippen molar-refractivity contribution in [3.63, 3.8) is 0 Å². The van der Waals surface area contributed by atoms with Crippen molar-refractivity contribution < 1.29 is 31.6 Å². The molecule has 3 aromatic heterocycles. The quantitative estimate of drug-likeness (QED) is 0.277. The van der Waals surface area contributed by atoms with E-state index in [1.807, 2.05) is 0 Å². The zero-order chi connectivity index (χ0) is 27.6. The van der Waals surface area contributed by atoms with Gasteiger partial charge in [-0.25, -0.2) is 14.4 Å². The summed E-state index contributed by atoms with van der Waals surface area (Å²) in [4.78, 5) is 20.9. The number of halogens is 4. The van der Waals surface area contributed by atoms with Gasteiger partial charge in [-0.3, -0.25) is 9.48 Å². The summed E-state index contributed by atoms with van der Waals surface area (Å²) >= 11 is 0. The minimum atomic E-state index is -4.46. The van der Waals surface area contributed by atoms with E-state index in [9.17, 15) is 22.4 Å². The summed E-state index contributed by atoms with van der Waals surface area (Å²) in [5.41, 5.74) is -0.199. The second kappa shape index (κ2) is 10.4. The topological polar surface area (TPSA) is 120 Å². The predicted octanol–water partition coefficient (Wildman–Crippen LogP) is 4.63. The van der Waals surface area contributed by atoms with Crippen LogP contribution in [0.5, 0.6) is 0 Å².